The molecule has 1 aromatic rings. The number of nitrogens with zero attached hydrogens (tertiary/aromatic N) is 1. The Bertz CT molecular complexity index is 631. The summed E-state index contributed by atoms with van der Waals surface area (Å²) in [6.45, 7) is 0.240. The summed E-state index contributed by atoms with van der Waals surface area (Å²) in [5, 5.41) is 10.1. The molecule has 0 aliphatic heterocycles. The molecule has 3 N–H and O–H groups in total. The third kappa shape index (κ3) is 5.32. The van der Waals surface area contributed by atoms with Gasteiger partial charge in [-0.25, -0.2) is 0 Å². The Morgan fingerprint density at radius 2 is 1.85 bits per heavy atom. The second kappa shape index (κ2) is 8.23. The Morgan fingerprint density at radius 3 is 2.27 bits per heavy atom. The molecule has 0 radical (unpaired) electrons. The lowest BCUT2D eigenvalue weighted by Crippen LogP contribution is -2.45. The van der Waals surface area contributed by atoms with Gasteiger partial charge < -0.3 is 20.5 Å². The van der Waals surface area contributed by atoms with E-state index < -0.39 is 54.8 Å². The van der Waals surface area contributed by atoms with E-state index in [1.54, 1.807) is 0 Å². The van der Waals surface area contributed by atoms with Gasteiger partial charge in [0, 0.05) is 25.3 Å². The molecule has 0 bridgehead atoms. The number of carbonyl (C=O) groups excluding carboxylic acids is 1. The second-order valence-electron chi connectivity index (χ2n) is 5.50. The molecule has 2 unspecified atom stereocenters. The summed E-state index contributed by atoms with van der Waals surface area (Å²) in [5.41, 5.74) is 3.32. The standard InChI is InChI=1S/C15H18F6N2O3/c1-8(22)9-3-4-10(11(7-9)14(16,17)18)12(24)23(5-6-26-2)13(25)15(19,20)21/h3-4,7-8,12,24H,5-6,22H2,1-2H3. The van der Waals surface area contributed by atoms with E-state index in [9.17, 15) is 36.2 Å². The second-order valence-corrected chi connectivity index (χ2v) is 5.50. The average molecular weight is 388 g/mol. The van der Waals surface area contributed by atoms with Gasteiger partial charge in [0.25, 0.3) is 0 Å². The number of hydrogen-bond acceptors (Lipinski definition) is 4. The van der Waals surface area contributed by atoms with Crippen LogP contribution in [0.15, 0.2) is 18.2 Å². The van der Waals surface area contributed by atoms with Gasteiger partial charge in [0.1, 0.15) is 0 Å². The van der Waals surface area contributed by atoms with E-state index >= 15 is 0 Å². The van der Waals surface area contributed by atoms with Gasteiger partial charge in [-0.3, -0.25) is 4.79 Å². The summed E-state index contributed by atoms with van der Waals surface area (Å²) in [6, 6.07) is 1.81. The lowest BCUT2D eigenvalue weighted by atomic mass is 9.98. The lowest BCUT2D eigenvalue weighted by Gasteiger charge is -2.30. The predicted molar refractivity (Wildman–Crippen MR) is 78.7 cm³/mol. The Kier molecular flexibility index (Phi) is 7.02. The summed E-state index contributed by atoms with van der Waals surface area (Å²) < 4.78 is 82.6. The van der Waals surface area contributed by atoms with Gasteiger partial charge in [-0.15, -0.1) is 0 Å². The zero-order valence-corrected chi connectivity index (χ0v) is 13.9. The van der Waals surface area contributed by atoms with Crippen molar-refractivity contribution in [2.45, 2.75) is 31.5 Å². The van der Waals surface area contributed by atoms with Gasteiger partial charge in [-0.1, -0.05) is 12.1 Å². The number of aliphatic hydroxyl groups excluding tert-OH is 1. The van der Waals surface area contributed by atoms with Gasteiger partial charge >= 0.3 is 18.3 Å². The first-order chi connectivity index (χ1) is 11.8. The Balaban J connectivity index is 3.42. The molecule has 0 saturated carbocycles. The fraction of sp³-hybridized carbons (Fsp3) is 0.533. The van der Waals surface area contributed by atoms with E-state index in [4.69, 9.17) is 5.73 Å². The van der Waals surface area contributed by atoms with Gasteiger partial charge in [-0.2, -0.15) is 26.3 Å². The summed E-state index contributed by atoms with van der Waals surface area (Å²) >= 11 is 0. The molecule has 0 aromatic heterocycles. The number of amides is 1. The highest BCUT2D eigenvalue weighted by Gasteiger charge is 2.46. The molecule has 0 heterocycles. The van der Waals surface area contributed by atoms with Crippen LogP contribution in [0, 0.1) is 0 Å². The van der Waals surface area contributed by atoms with Crippen LogP contribution in [0.25, 0.3) is 0 Å². The number of benzene rings is 1. The smallest absolute Gasteiger partial charge is 0.383 e. The number of rotatable bonds is 6. The first-order valence-electron chi connectivity index (χ1n) is 7.32. The predicted octanol–water partition coefficient (Wildman–Crippen LogP) is 2.75. The van der Waals surface area contributed by atoms with Crippen LogP contribution >= 0.6 is 0 Å². The zero-order chi connectivity index (χ0) is 20.3. The van der Waals surface area contributed by atoms with Crippen LogP contribution in [-0.2, 0) is 15.7 Å². The molecule has 0 aliphatic carbocycles. The van der Waals surface area contributed by atoms with Crippen molar-refractivity contribution in [3.05, 3.63) is 34.9 Å². The fourth-order valence-corrected chi connectivity index (χ4v) is 2.18. The van der Waals surface area contributed by atoms with Gasteiger partial charge in [0.15, 0.2) is 6.23 Å². The topological polar surface area (TPSA) is 75.8 Å². The maximum absolute atomic E-state index is 13.3. The Hall–Kier alpha value is -1.85. The normalized spacial score (nSPS) is 14.8. The van der Waals surface area contributed by atoms with Crippen molar-refractivity contribution in [2.75, 3.05) is 20.3 Å². The minimum Gasteiger partial charge on any atom is -0.383 e. The quantitative estimate of drug-likeness (QED) is 0.581. The maximum Gasteiger partial charge on any atom is 0.471 e. The molecule has 2 atom stereocenters. The van der Waals surface area contributed by atoms with Crippen LogP contribution in [0.3, 0.4) is 0 Å². The molecule has 0 fully saturated rings. The number of aliphatic hydroxyl groups is 1. The number of ether oxygens (including phenoxy) is 1. The lowest BCUT2D eigenvalue weighted by molar-refractivity contribution is -0.196. The molecular weight excluding hydrogens is 370 g/mol. The SMILES string of the molecule is COCCN(C(=O)C(F)(F)F)C(O)c1ccc(C(C)N)cc1C(F)(F)F. The summed E-state index contributed by atoms with van der Waals surface area (Å²) in [5.74, 6) is -2.48. The molecular formula is C15H18F6N2O3. The number of alkyl halides is 6. The van der Waals surface area contributed by atoms with Crippen LogP contribution in [0.5, 0.6) is 0 Å². The highest BCUT2D eigenvalue weighted by Crippen LogP contribution is 2.37. The Labute approximate surface area is 145 Å². The first-order valence-corrected chi connectivity index (χ1v) is 7.32. The van der Waals surface area contributed by atoms with E-state index in [0.717, 1.165) is 19.2 Å². The minimum atomic E-state index is -5.38. The van der Waals surface area contributed by atoms with Crippen molar-refractivity contribution in [2.24, 2.45) is 5.73 Å². The van der Waals surface area contributed by atoms with E-state index in [1.165, 1.54) is 6.92 Å². The minimum absolute atomic E-state index is 0.0684. The van der Waals surface area contributed by atoms with Crippen molar-refractivity contribution in [1.82, 2.24) is 4.90 Å². The number of halogens is 6. The van der Waals surface area contributed by atoms with Crippen LogP contribution in [0.4, 0.5) is 26.3 Å². The third-order valence-electron chi connectivity index (χ3n) is 3.52. The summed E-state index contributed by atoms with van der Waals surface area (Å²) in [6.07, 6.45) is -12.8. The fourth-order valence-electron chi connectivity index (χ4n) is 2.18. The molecule has 148 valence electrons. The summed E-state index contributed by atoms with van der Waals surface area (Å²) in [7, 11) is 1.13. The van der Waals surface area contributed by atoms with Crippen LogP contribution in [0.2, 0.25) is 0 Å². The van der Waals surface area contributed by atoms with Crippen LogP contribution < -0.4 is 5.73 Å². The van der Waals surface area contributed by atoms with Crippen molar-refractivity contribution < 1.29 is 41.0 Å². The van der Waals surface area contributed by atoms with E-state index in [-0.39, 0.29) is 10.5 Å². The molecule has 1 aromatic carbocycles. The number of methoxy groups -OCH3 is 1. The largest absolute Gasteiger partial charge is 0.471 e. The van der Waals surface area contributed by atoms with Gasteiger partial charge in [-0.05, 0) is 18.6 Å². The molecule has 26 heavy (non-hydrogen) atoms. The van der Waals surface area contributed by atoms with Gasteiger partial charge in [0.2, 0.25) is 0 Å². The molecule has 1 rings (SSSR count). The zero-order valence-electron chi connectivity index (χ0n) is 13.9. The van der Waals surface area contributed by atoms with Crippen LogP contribution in [-0.4, -0.2) is 42.4 Å². The molecule has 0 saturated heterocycles. The number of nitrogens with two attached hydrogens (primary N) is 1. The number of hydrogen-bond donors (Lipinski definition) is 2. The molecule has 11 heteroatoms. The Morgan fingerprint density at radius 1 is 1.27 bits per heavy atom. The van der Waals surface area contributed by atoms with E-state index in [2.05, 4.69) is 4.74 Å². The van der Waals surface area contributed by atoms with Gasteiger partial charge in [0.05, 0.1) is 12.2 Å². The van der Waals surface area contributed by atoms with Crippen molar-refractivity contribution in [3.8, 4) is 0 Å². The monoisotopic (exact) mass is 388 g/mol. The van der Waals surface area contributed by atoms with E-state index in [1.807, 2.05) is 0 Å². The summed E-state index contributed by atoms with van der Waals surface area (Å²) in [4.78, 5) is 11.4. The molecule has 1 amide bonds. The van der Waals surface area contributed by atoms with Crippen molar-refractivity contribution in [1.29, 1.82) is 0 Å². The highest BCUT2D eigenvalue weighted by atomic mass is 19.4. The van der Waals surface area contributed by atoms with Crippen molar-refractivity contribution in [3.63, 3.8) is 0 Å². The van der Waals surface area contributed by atoms with E-state index in [0.29, 0.717) is 6.07 Å². The number of carbonyl (C=O) groups is 1. The average Bonchev–Trinajstić information content (AvgIpc) is 2.52. The molecule has 0 spiro atoms. The molecule has 0 aliphatic rings. The highest BCUT2D eigenvalue weighted by molar-refractivity contribution is 5.82. The first kappa shape index (κ1) is 22.2. The third-order valence-corrected chi connectivity index (χ3v) is 3.52. The maximum atomic E-state index is 13.3. The van der Waals surface area contributed by atoms with Crippen molar-refractivity contribution >= 4 is 5.91 Å². The molecule has 5 nitrogen and oxygen atoms in total. The van der Waals surface area contributed by atoms with Crippen LogP contribution in [0.1, 0.15) is 35.9 Å².